The summed E-state index contributed by atoms with van der Waals surface area (Å²) in [6.07, 6.45) is 0.591. The van der Waals surface area contributed by atoms with Gasteiger partial charge in [-0.1, -0.05) is 23.8 Å². The van der Waals surface area contributed by atoms with E-state index in [2.05, 4.69) is 0 Å². The first-order chi connectivity index (χ1) is 8.08. The van der Waals surface area contributed by atoms with E-state index in [9.17, 15) is 8.42 Å². The molecule has 0 amide bonds. The van der Waals surface area contributed by atoms with Crippen LogP contribution < -0.4 is 0 Å². The summed E-state index contributed by atoms with van der Waals surface area (Å²) >= 11 is 1.60. The van der Waals surface area contributed by atoms with Gasteiger partial charge in [-0.2, -0.15) is 0 Å². The number of rotatable bonds is 4. The second kappa shape index (κ2) is 5.02. The third-order valence-corrected chi connectivity index (χ3v) is 5.25. The number of hydrogen-bond donors (Lipinski definition) is 0. The summed E-state index contributed by atoms with van der Waals surface area (Å²) in [6.45, 7) is 1.95. The van der Waals surface area contributed by atoms with E-state index in [4.69, 9.17) is 0 Å². The van der Waals surface area contributed by atoms with E-state index in [0.717, 1.165) is 10.4 Å². The molecular weight excluding hydrogens is 252 g/mol. The normalized spacial score (nSPS) is 11.6. The lowest BCUT2D eigenvalue weighted by Gasteiger charge is -2.03. The molecule has 0 aliphatic rings. The predicted molar refractivity (Wildman–Crippen MR) is 71.3 cm³/mol. The number of aryl methyl sites for hydroxylation is 2. The zero-order chi connectivity index (χ0) is 12.3. The first kappa shape index (κ1) is 12.3. The van der Waals surface area contributed by atoms with Gasteiger partial charge in [-0.3, -0.25) is 0 Å². The smallest absolute Gasteiger partial charge is 0.178 e. The minimum atomic E-state index is -3.15. The molecule has 0 saturated heterocycles. The highest BCUT2D eigenvalue weighted by molar-refractivity contribution is 7.91. The SMILES string of the molecule is Cc1ccc(S(=O)(=O)CCc2cccs2)cc1. The third kappa shape index (κ3) is 3.17. The molecule has 2 rings (SSSR count). The quantitative estimate of drug-likeness (QED) is 0.852. The lowest BCUT2D eigenvalue weighted by atomic mass is 10.2. The molecule has 17 heavy (non-hydrogen) atoms. The number of sulfone groups is 1. The fourth-order valence-electron chi connectivity index (χ4n) is 1.55. The molecule has 0 fully saturated rings. The van der Waals surface area contributed by atoms with Crippen LogP contribution in [0.1, 0.15) is 10.4 Å². The van der Waals surface area contributed by atoms with Crippen LogP contribution in [0.2, 0.25) is 0 Å². The first-order valence-corrected chi connectivity index (χ1v) is 7.93. The van der Waals surface area contributed by atoms with Gasteiger partial charge in [0, 0.05) is 4.88 Å². The van der Waals surface area contributed by atoms with Crippen molar-refractivity contribution in [2.45, 2.75) is 18.2 Å². The number of thiophene rings is 1. The minimum Gasteiger partial charge on any atom is -0.224 e. The fraction of sp³-hybridized carbons (Fsp3) is 0.231. The van der Waals surface area contributed by atoms with Crippen LogP contribution in [0.5, 0.6) is 0 Å². The zero-order valence-corrected chi connectivity index (χ0v) is 11.2. The van der Waals surface area contributed by atoms with E-state index in [1.54, 1.807) is 23.5 Å². The molecule has 0 bridgehead atoms. The second-order valence-electron chi connectivity index (χ2n) is 3.96. The van der Waals surface area contributed by atoms with Gasteiger partial charge in [0.25, 0.3) is 0 Å². The lowest BCUT2D eigenvalue weighted by molar-refractivity contribution is 0.595. The van der Waals surface area contributed by atoms with Gasteiger partial charge in [0.2, 0.25) is 0 Å². The summed E-state index contributed by atoms with van der Waals surface area (Å²) < 4.78 is 24.1. The van der Waals surface area contributed by atoms with Crippen LogP contribution in [0.15, 0.2) is 46.7 Å². The molecule has 0 spiro atoms. The Balaban J connectivity index is 2.11. The second-order valence-corrected chi connectivity index (χ2v) is 7.10. The van der Waals surface area contributed by atoms with Crippen LogP contribution in [0.4, 0.5) is 0 Å². The summed E-state index contributed by atoms with van der Waals surface area (Å²) in [7, 11) is -3.15. The number of hydrogen-bond acceptors (Lipinski definition) is 3. The molecule has 1 heterocycles. The molecule has 0 N–H and O–H groups in total. The summed E-state index contributed by atoms with van der Waals surface area (Å²) in [5.41, 5.74) is 1.07. The van der Waals surface area contributed by atoms with Crippen molar-refractivity contribution in [3.63, 3.8) is 0 Å². The van der Waals surface area contributed by atoms with Gasteiger partial charge < -0.3 is 0 Å². The van der Waals surface area contributed by atoms with Crippen molar-refractivity contribution in [2.75, 3.05) is 5.75 Å². The van der Waals surface area contributed by atoms with E-state index >= 15 is 0 Å². The summed E-state index contributed by atoms with van der Waals surface area (Å²) in [5.74, 6) is 0.177. The predicted octanol–water partition coefficient (Wildman–Crippen LogP) is 3.07. The van der Waals surface area contributed by atoms with Crippen LogP contribution in [0, 0.1) is 6.92 Å². The Bertz CT molecular complexity index is 566. The molecule has 2 aromatic rings. The Morgan fingerprint density at radius 2 is 1.82 bits per heavy atom. The summed E-state index contributed by atoms with van der Waals surface area (Å²) in [6, 6.07) is 10.9. The molecule has 90 valence electrons. The monoisotopic (exact) mass is 266 g/mol. The largest absolute Gasteiger partial charge is 0.224 e. The maximum atomic E-state index is 12.0. The van der Waals surface area contributed by atoms with Crippen molar-refractivity contribution in [3.05, 3.63) is 52.2 Å². The standard InChI is InChI=1S/C13H14O2S2/c1-11-4-6-13(7-5-11)17(14,15)10-8-12-3-2-9-16-12/h2-7,9H,8,10H2,1H3. The molecule has 0 aliphatic carbocycles. The van der Waals surface area contributed by atoms with Gasteiger partial charge in [0.05, 0.1) is 10.6 Å². The molecule has 4 heteroatoms. The lowest BCUT2D eigenvalue weighted by Crippen LogP contribution is -2.08. The minimum absolute atomic E-state index is 0.177. The highest BCUT2D eigenvalue weighted by Gasteiger charge is 2.14. The fourth-order valence-corrected chi connectivity index (χ4v) is 3.67. The molecule has 1 aromatic carbocycles. The molecular formula is C13H14O2S2. The van der Waals surface area contributed by atoms with Crippen LogP contribution in [0.3, 0.4) is 0 Å². The average molecular weight is 266 g/mol. The molecule has 0 unspecified atom stereocenters. The van der Waals surface area contributed by atoms with Gasteiger partial charge in [0.1, 0.15) is 0 Å². The molecule has 0 atom stereocenters. The van der Waals surface area contributed by atoms with Crippen molar-refractivity contribution in [3.8, 4) is 0 Å². The Hall–Kier alpha value is -1.13. The maximum absolute atomic E-state index is 12.0. The topological polar surface area (TPSA) is 34.1 Å². The van der Waals surface area contributed by atoms with Crippen molar-refractivity contribution in [1.82, 2.24) is 0 Å². The molecule has 0 radical (unpaired) electrons. The van der Waals surface area contributed by atoms with E-state index in [1.807, 2.05) is 36.6 Å². The van der Waals surface area contributed by atoms with Crippen LogP contribution in [-0.2, 0) is 16.3 Å². The van der Waals surface area contributed by atoms with Gasteiger partial charge in [-0.05, 0) is 36.9 Å². The van der Waals surface area contributed by atoms with Crippen LogP contribution in [0.25, 0.3) is 0 Å². The van der Waals surface area contributed by atoms with Gasteiger partial charge in [0.15, 0.2) is 9.84 Å². The molecule has 0 saturated carbocycles. The maximum Gasteiger partial charge on any atom is 0.178 e. The molecule has 1 aromatic heterocycles. The molecule has 2 nitrogen and oxygen atoms in total. The van der Waals surface area contributed by atoms with Crippen molar-refractivity contribution >= 4 is 21.2 Å². The van der Waals surface area contributed by atoms with E-state index < -0.39 is 9.84 Å². The average Bonchev–Trinajstić information content (AvgIpc) is 2.80. The van der Waals surface area contributed by atoms with Crippen LogP contribution in [-0.4, -0.2) is 14.2 Å². The van der Waals surface area contributed by atoms with Crippen LogP contribution >= 0.6 is 11.3 Å². The molecule has 0 aliphatic heterocycles. The highest BCUT2D eigenvalue weighted by Crippen LogP contribution is 2.16. The highest BCUT2D eigenvalue weighted by atomic mass is 32.2. The zero-order valence-electron chi connectivity index (χ0n) is 9.59. The van der Waals surface area contributed by atoms with E-state index in [-0.39, 0.29) is 5.75 Å². The van der Waals surface area contributed by atoms with E-state index in [0.29, 0.717) is 11.3 Å². The van der Waals surface area contributed by atoms with Crippen molar-refractivity contribution < 1.29 is 8.42 Å². The Morgan fingerprint density at radius 3 is 2.41 bits per heavy atom. The van der Waals surface area contributed by atoms with E-state index in [1.165, 1.54) is 0 Å². The third-order valence-electron chi connectivity index (χ3n) is 2.58. The summed E-state index contributed by atoms with van der Waals surface area (Å²) in [5, 5.41) is 1.97. The number of benzene rings is 1. The van der Waals surface area contributed by atoms with Gasteiger partial charge in [-0.25, -0.2) is 8.42 Å². The summed E-state index contributed by atoms with van der Waals surface area (Å²) in [4.78, 5) is 1.53. The Labute approximate surface area is 106 Å². The van der Waals surface area contributed by atoms with Gasteiger partial charge >= 0.3 is 0 Å². The Morgan fingerprint density at radius 1 is 1.12 bits per heavy atom. The van der Waals surface area contributed by atoms with Gasteiger partial charge in [-0.15, -0.1) is 11.3 Å². The first-order valence-electron chi connectivity index (χ1n) is 5.40. The Kier molecular flexibility index (Phi) is 3.64. The van der Waals surface area contributed by atoms with Crippen molar-refractivity contribution in [1.29, 1.82) is 0 Å². The van der Waals surface area contributed by atoms with Crippen molar-refractivity contribution in [2.24, 2.45) is 0 Å².